The SMILES string of the molecule is CCO[n+]1ccccc1Oc1ccc(C2CCCCC2)cc1. The first-order valence-electron chi connectivity index (χ1n) is 8.28. The van der Waals surface area contributed by atoms with Crippen molar-refractivity contribution < 1.29 is 14.3 Å². The highest BCUT2D eigenvalue weighted by atomic mass is 16.7. The van der Waals surface area contributed by atoms with E-state index in [1.165, 1.54) is 37.7 Å². The number of hydrogen-bond donors (Lipinski definition) is 0. The van der Waals surface area contributed by atoms with Gasteiger partial charge in [-0.15, -0.1) is 0 Å². The van der Waals surface area contributed by atoms with E-state index in [0.29, 0.717) is 12.5 Å². The molecule has 1 fully saturated rings. The number of aromatic nitrogens is 1. The minimum absolute atomic E-state index is 0.603. The van der Waals surface area contributed by atoms with Crippen LogP contribution in [-0.4, -0.2) is 6.61 Å². The highest BCUT2D eigenvalue weighted by Crippen LogP contribution is 2.33. The van der Waals surface area contributed by atoms with E-state index in [-0.39, 0.29) is 0 Å². The van der Waals surface area contributed by atoms with Gasteiger partial charge in [0.1, 0.15) is 5.75 Å². The zero-order valence-corrected chi connectivity index (χ0v) is 13.2. The fraction of sp³-hybridized carbons (Fsp3) is 0.421. The number of hydrogen-bond acceptors (Lipinski definition) is 2. The van der Waals surface area contributed by atoms with Crippen molar-refractivity contribution in [3.8, 4) is 11.6 Å². The molecule has 1 aromatic carbocycles. The molecule has 0 amide bonds. The molecule has 22 heavy (non-hydrogen) atoms. The molecule has 1 aliphatic carbocycles. The van der Waals surface area contributed by atoms with E-state index in [2.05, 4.69) is 24.3 Å². The van der Waals surface area contributed by atoms with E-state index >= 15 is 0 Å². The summed E-state index contributed by atoms with van der Waals surface area (Å²) in [6.45, 7) is 2.56. The topological polar surface area (TPSA) is 22.3 Å². The van der Waals surface area contributed by atoms with Crippen LogP contribution in [0.4, 0.5) is 0 Å². The van der Waals surface area contributed by atoms with Gasteiger partial charge in [0, 0.05) is 10.8 Å². The number of benzene rings is 1. The van der Waals surface area contributed by atoms with Crippen LogP contribution in [0.25, 0.3) is 0 Å². The molecule has 0 atom stereocenters. The fourth-order valence-corrected chi connectivity index (χ4v) is 3.10. The van der Waals surface area contributed by atoms with Crippen LogP contribution in [0, 0.1) is 0 Å². The lowest BCUT2D eigenvalue weighted by molar-refractivity contribution is -0.892. The number of ether oxygens (including phenoxy) is 1. The Balaban J connectivity index is 1.71. The van der Waals surface area contributed by atoms with Gasteiger partial charge in [0.15, 0.2) is 6.61 Å². The van der Waals surface area contributed by atoms with Gasteiger partial charge in [-0.25, -0.2) is 0 Å². The van der Waals surface area contributed by atoms with E-state index in [1.807, 2.05) is 31.3 Å². The molecule has 1 saturated carbocycles. The van der Waals surface area contributed by atoms with E-state index in [0.717, 1.165) is 11.7 Å². The number of rotatable bonds is 5. The maximum Gasteiger partial charge on any atom is 0.422 e. The predicted octanol–water partition coefficient (Wildman–Crippen LogP) is 4.26. The van der Waals surface area contributed by atoms with E-state index < -0.39 is 0 Å². The monoisotopic (exact) mass is 298 g/mol. The third-order valence-electron chi connectivity index (χ3n) is 4.24. The van der Waals surface area contributed by atoms with E-state index in [4.69, 9.17) is 9.57 Å². The van der Waals surface area contributed by atoms with Crippen molar-refractivity contribution in [3.05, 3.63) is 54.2 Å². The normalized spacial score (nSPS) is 15.5. The van der Waals surface area contributed by atoms with Gasteiger partial charge in [-0.3, -0.25) is 4.84 Å². The number of pyridine rings is 1. The van der Waals surface area contributed by atoms with Gasteiger partial charge >= 0.3 is 5.88 Å². The summed E-state index contributed by atoms with van der Waals surface area (Å²) >= 11 is 0. The Bertz CT molecular complexity index is 589. The fourth-order valence-electron chi connectivity index (χ4n) is 3.10. The molecule has 0 saturated heterocycles. The second-order valence-electron chi connectivity index (χ2n) is 5.79. The Hall–Kier alpha value is -2.03. The van der Waals surface area contributed by atoms with Gasteiger partial charge < -0.3 is 4.74 Å². The Morgan fingerprint density at radius 1 is 1.00 bits per heavy atom. The Morgan fingerprint density at radius 3 is 2.50 bits per heavy atom. The molecule has 1 aromatic heterocycles. The highest BCUT2D eigenvalue weighted by molar-refractivity contribution is 5.31. The summed E-state index contributed by atoms with van der Waals surface area (Å²) in [6.07, 6.45) is 8.62. The summed E-state index contributed by atoms with van der Waals surface area (Å²) in [5.41, 5.74) is 1.44. The largest absolute Gasteiger partial charge is 0.422 e. The van der Waals surface area contributed by atoms with E-state index in [9.17, 15) is 0 Å². The molecule has 0 unspecified atom stereocenters. The first-order valence-corrected chi connectivity index (χ1v) is 8.28. The zero-order valence-electron chi connectivity index (χ0n) is 13.2. The average Bonchev–Trinajstić information content (AvgIpc) is 2.58. The minimum Gasteiger partial charge on any atom is -0.402 e. The molecular formula is C19H24NO2+. The maximum atomic E-state index is 5.94. The molecule has 0 N–H and O–H groups in total. The molecule has 116 valence electrons. The second-order valence-corrected chi connectivity index (χ2v) is 5.79. The van der Waals surface area contributed by atoms with Crippen LogP contribution < -0.4 is 14.3 Å². The summed E-state index contributed by atoms with van der Waals surface area (Å²) in [7, 11) is 0. The van der Waals surface area contributed by atoms with Crippen molar-refractivity contribution >= 4 is 0 Å². The third kappa shape index (κ3) is 3.59. The van der Waals surface area contributed by atoms with Gasteiger partial charge in [0.25, 0.3) is 0 Å². The lowest BCUT2D eigenvalue weighted by atomic mass is 9.84. The molecule has 0 spiro atoms. The van der Waals surface area contributed by atoms with Gasteiger partial charge in [0.05, 0.1) is 6.07 Å². The van der Waals surface area contributed by atoms with Crippen LogP contribution >= 0.6 is 0 Å². The molecule has 1 heterocycles. The summed E-state index contributed by atoms with van der Waals surface area (Å²) in [4.78, 5) is 5.52. The second kappa shape index (κ2) is 7.30. The van der Waals surface area contributed by atoms with Crippen molar-refractivity contribution in [1.82, 2.24) is 0 Å². The summed E-state index contributed by atoms with van der Waals surface area (Å²) in [6, 6.07) is 14.3. The standard InChI is InChI=1S/C19H24NO2/c1-2-21-20-15-7-6-10-19(20)22-18-13-11-17(12-14-18)16-8-4-3-5-9-16/h6-7,10-16H,2-5,8-9H2,1H3/q+1. The highest BCUT2D eigenvalue weighted by Gasteiger charge is 2.16. The quantitative estimate of drug-likeness (QED) is 0.769. The molecule has 3 heteroatoms. The molecule has 0 bridgehead atoms. The minimum atomic E-state index is 0.603. The van der Waals surface area contributed by atoms with Crippen LogP contribution in [0.5, 0.6) is 11.6 Å². The molecule has 0 radical (unpaired) electrons. The van der Waals surface area contributed by atoms with Crippen LogP contribution in [0.3, 0.4) is 0 Å². The molecule has 2 aromatic rings. The molecule has 0 aliphatic heterocycles. The molecular weight excluding hydrogens is 274 g/mol. The maximum absolute atomic E-state index is 5.94. The Labute approximate surface area is 132 Å². The van der Waals surface area contributed by atoms with Gasteiger partial charge in [-0.1, -0.05) is 31.4 Å². The summed E-state index contributed by atoms with van der Waals surface area (Å²) < 4.78 is 7.60. The van der Waals surface area contributed by atoms with Gasteiger partial charge in [-0.05, 0) is 49.4 Å². The first-order chi connectivity index (χ1) is 10.9. The van der Waals surface area contributed by atoms with Crippen molar-refractivity contribution in [2.24, 2.45) is 0 Å². The Morgan fingerprint density at radius 2 is 1.77 bits per heavy atom. The van der Waals surface area contributed by atoms with Crippen molar-refractivity contribution in [2.45, 2.75) is 44.9 Å². The van der Waals surface area contributed by atoms with Gasteiger partial charge in [0.2, 0.25) is 6.20 Å². The van der Waals surface area contributed by atoms with Crippen LogP contribution in [-0.2, 0) is 0 Å². The van der Waals surface area contributed by atoms with Crippen molar-refractivity contribution in [2.75, 3.05) is 6.61 Å². The predicted molar refractivity (Wildman–Crippen MR) is 86.1 cm³/mol. The first kappa shape index (κ1) is 14.9. The smallest absolute Gasteiger partial charge is 0.402 e. The summed E-state index contributed by atoms with van der Waals surface area (Å²) in [5.74, 6) is 2.27. The Kier molecular flexibility index (Phi) is 4.94. The molecule has 3 rings (SSSR count). The van der Waals surface area contributed by atoms with Gasteiger partial charge in [-0.2, -0.15) is 0 Å². The van der Waals surface area contributed by atoms with E-state index in [1.54, 1.807) is 4.73 Å². The van der Waals surface area contributed by atoms with Crippen LogP contribution in [0.2, 0.25) is 0 Å². The lowest BCUT2D eigenvalue weighted by Crippen LogP contribution is -2.43. The summed E-state index contributed by atoms with van der Waals surface area (Å²) in [5, 5.41) is 0. The van der Waals surface area contributed by atoms with Crippen LogP contribution in [0.15, 0.2) is 48.7 Å². The third-order valence-corrected chi connectivity index (χ3v) is 4.24. The van der Waals surface area contributed by atoms with Crippen LogP contribution in [0.1, 0.15) is 50.5 Å². The molecule has 3 nitrogen and oxygen atoms in total. The van der Waals surface area contributed by atoms with Crippen molar-refractivity contribution in [1.29, 1.82) is 0 Å². The average molecular weight is 298 g/mol. The molecule has 1 aliphatic rings. The number of nitrogens with zero attached hydrogens (tertiary/aromatic N) is 1. The van der Waals surface area contributed by atoms with Crippen molar-refractivity contribution in [3.63, 3.8) is 0 Å². The lowest BCUT2D eigenvalue weighted by Gasteiger charge is -2.21. The zero-order chi connectivity index (χ0) is 15.2.